The van der Waals surface area contributed by atoms with Crippen molar-refractivity contribution in [2.75, 3.05) is 6.61 Å². The third-order valence-electron chi connectivity index (χ3n) is 1.48. The van der Waals surface area contributed by atoms with Gasteiger partial charge in [-0.05, 0) is 19.3 Å². The summed E-state index contributed by atoms with van der Waals surface area (Å²) in [5.41, 5.74) is 0. The van der Waals surface area contributed by atoms with Crippen molar-refractivity contribution < 1.29 is 5.11 Å². The first kappa shape index (κ1) is 10.5. The smallest absolute Gasteiger partial charge is 0.0822 e. The zero-order valence-corrected chi connectivity index (χ0v) is 7.36. The minimum Gasteiger partial charge on any atom is -0.237 e. The van der Waals surface area contributed by atoms with Crippen molar-refractivity contribution >= 4 is 0 Å². The molecule has 0 atom stereocenters. The van der Waals surface area contributed by atoms with E-state index in [0.29, 0.717) is 0 Å². The molecule has 0 aromatic carbocycles. The lowest BCUT2D eigenvalue weighted by molar-refractivity contribution is 0.187. The lowest BCUT2D eigenvalue weighted by atomic mass is 10.2. The summed E-state index contributed by atoms with van der Waals surface area (Å²) in [5, 5.41) is 10.0. The summed E-state index contributed by atoms with van der Waals surface area (Å²) in [6.07, 6.45) is 6.11. The van der Waals surface area contributed by atoms with Gasteiger partial charge in [0.2, 0.25) is 0 Å². The molecule has 0 aliphatic heterocycles. The lowest BCUT2D eigenvalue weighted by Gasteiger charge is -1.87. The van der Waals surface area contributed by atoms with E-state index in [0.717, 1.165) is 25.7 Å². The second kappa shape index (κ2) is 9.52. The molecule has 0 spiro atoms. The van der Waals surface area contributed by atoms with Crippen LogP contribution in [0.3, 0.4) is 0 Å². The largest absolute Gasteiger partial charge is 0.237 e. The van der Waals surface area contributed by atoms with Gasteiger partial charge in [-0.15, -0.1) is 11.8 Å². The first-order valence-corrected chi connectivity index (χ1v) is 4.45. The monoisotopic (exact) mass is 153 g/mol. The van der Waals surface area contributed by atoms with Crippen LogP contribution in [-0.2, 0) is 5.11 Å². The first-order valence-electron chi connectivity index (χ1n) is 4.45. The van der Waals surface area contributed by atoms with Crippen LogP contribution < -0.4 is 0 Å². The third kappa shape index (κ3) is 9.52. The highest BCUT2D eigenvalue weighted by atomic mass is 16.2. The van der Waals surface area contributed by atoms with Gasteiger partial charge in [-0.25, -0.2) is 5.11 Å². The molecule has 1 heteroatoms. The molecular formula is C10H17O. The van der Waals surface area contributed by atoms with Crippen molar-refractivity contribution in [1.29, 1.82) is 0 Å². The van der Waals surface area contributed by atoms with Gasteiger partial charge in [-0.3, -0.25) is 0 Å². The summed E-state index contributed by atoms with van der Waals surface area (Å²) in [6.45, 7) is 2.22. The zero-order valence-electron chi connectivity index (χ0n) is 7.36. The minimum atomic E-state index is 0.0522. The Morgan fingerprint density at radius 2 is 1.64 bits per heavy atom. The van der Waals surface area contributed by atoms with E-state index in [1.807, 2.05) is 0 Å². The van der Waals surface area contributed by atoms with E-state index in [1.165, 1.54) is 12.8 Å². The maximum Gasteiger partial charge on any atom is 0.0822 e. The van der Waals surface area contributed by atoms with Gasteiger partial charge in [0.1, 0.15) is 0 Å². The van der Waals surface area contributed by atoms with Crippen LogP contribution in [0, 0.1) is 11.8 Å². The van der Waals surface area contributed by atoms with Crippen molar-refractivity contribution in [1.82, 2.24) is 0 Å². The van der Waals surface area contributed by atoms with Gasteiger partial charge in [-0.1, -0.05) is 13.3 Å². The molecule has 0 saturated carbocycles. The van der Waals surface area contributed by atoms with E-state index in [1.54, 1.807) is 0 Å². The molecule has 0 aliphatic rings. The van der Waals surface area contributed by atoms with Crippen LogP contribution in [0.5, 0.6) is 0 Å². The highest BCUT2D eigenvalue weighted by molar-refractivity contribution is 4.98. The van der Waals surface area contributed by atoms with Crippen LogP contribution in [0.15, 0.2) is 0 Å². The Hall–Kier alpha value is -0.480. The SMILES string of the molecule is CCCCC#CCCCC[O]. The molecule has 0 fully saturated rings. The number of rotatable bonds is 5. The van der Waals surface area contributed by atoms with Crippen molar-refractivity contribution in [2.45, 2.75) is 45.4 Å². The van der Waals surface area contributed by atoms with Gasteiger partial charge >= 0.3 is 0 Å². The summed E-state index contributed by atoms with van der Waals surface area (Å²) in [5.74, 6) is 6.16. The Kier molecular flexibility index (Phi) is 9.10. The molecular weight excluding hydrogens is 136 g/mol. The van der Waals surface area contributed by atoms with Crippen molar-refractivity contribution in [2.24, 2.45) is 0 Å². The molecule has 0 N–H and O–H groups in total. The van der Waals surface area contributed by atoms with Crippen LogP contribution in [0.2, 0.25) is 0 Å². The molecule has 0 aromatic heterocycles. The van der Waals surface area contributed by atoms with E-state index in [-0.39, 0.29) is 6.61 Å². The van der Waals surface area contributed by atoms with Crippen LogP contribution in [0.25, 0.3) is 0 Å². The fourth-order valence-corrected chi connectivity index (χ4v) is 0.757. The van der Waals surface area contributed by atoms with E-state index >= 15 is 0 Å². The van der Waals surface area contributed by atoms with Gasteiger partial charge < -0.3 is 0 Å². The van der Waals surface area contributed by atoms with Gasteiger partial charge in [0.05, 0.1) is 6.61 Å². The molecule has 1 radical (unpaired) electrons. The van der Waals surface area contributed by atoms with Crippen LogP contribution >= 0.6 is 0 Å². The summed E-state index contributed by atoms with van der Waals surface area (Å²) in [6, 6.07) is 0. The molecule has 0 unspecified atom stereocenters. The van der Waals surface area contributed by atoms with Crippen LogP contribution in [0.4, 0.5) is 0 Å². The van der Waals surface area contributed by atoms with Gasteiger partial charge in [0.25, 0.3) is 0 Å². The molecule has 63 valence electrons. The maximum atomic E-state index is 10.0. The average molecular weight is 153 g/mol. The quantitative estimate of drug-likeness (QED) is 0.427. The average Bonchev–Trinajstić information content (AvgIpc) is 2.03. The Morgan fingerprint density at radius 3 is 2.18 bits per heavy atom. The first-order chi connectivity index (χ1) is 5.41. The number of hydrogen-bond acceptors (Lipinski definition) is 0. The molecule has 0 amide bonds. The number of hydrogen-bond donors (Lipinski definition) is 0. The van der Waals surface area contributed by atoms with Crippen LogP contribution in [-0.4, -0.2) is 6.61 Å². The Bertz CT molecular complexity index is 119. The van der Waals surface area contributed by atoms with Crippen molar-refractivity contribution in [3.05, 3.63) is 0 Å². The molecule has 0 aliphatic carbocycles. The zero-order chi connectivity index (χ0) is 8.36. The normalized spacial score (nSPS) is 8.91. The van der Waals surface area contributed by atoms with E-state index in [9.17, 15) is 5.11 Å². The van der Waals surface area contributed by atoms with Gasteiger partial charge in [0, 0.05) is 12.8 Å². The van der Waals surface area contributed by atoms with Crippen molar-refractivity contribution in [3.8, 4) is 11.8 Å². The fraction of sp³-hybridized carbons (Fsp3) is 0.800. The van der Waals surface area contributed by atoms with Gasteiger partial charge in [-0.2, -0.15) is 0 Å². The summed E-state index contributed by atoms with van der Waals surface area (Å²) >= 11 is 0. The maximum absolute atomic E-state index is 10.0. The highest BCUT2D eigenvalue weighted by Gasteiger charge is 1.82. The predicted molar refractivity (Wildman–Crippen MR) is 46.7 cm³/mol. The summed E-state index contributed by atoms with van der Waals surface area (Å²) < 4.78 is 0. The molecule has 11 heavy (non-hydrogen) atoms. The van der Waals surface area contributed by atoms with Gasteiger partial charge in [0.15, 0.2) is 0 Å². The van der Waals surface area contributed by atoms with Crippen molar-refractivity contribution in [3.63, 3.8) is 0 Å². The summed E-state index contributed by atoms with van der Waals surface area (Å²) in [4.78, 5) is 0. The molecule has 0 rings (SSSR count). The molecule has 0 saturated heterocycles. The lowest BCUT2D eigenvalue weighted by Crippen LogP contribution is -1.78. The number of unbranched alkanes of at least 4 members (excludes halogenated alkanes) is 4. The Morgan fingerprint density at radius 1 is 1.00 bits per heavy atom. The highest BCUT2D eigenvalue weighted by Crippen LogP contribution is 1.94. The molecule has 0 aromatic rings. The topological polar surface area (TPSA) is 19.9 Å². The Balaban J connectivity index is 2.99. The summed E-state index contributed by atoms with van der Waals surface area (Å²) in [7, 11) is 0. The molecule has 1 nitrogen and oxygen atoms in total. The molecule has 0 heterocycles. The van der Waals surface area contributed by atoms with Crippen LogP contribution in [0.1, 0.15) is 45.4 Å². The third-order valence-corrected chi connectivity index (χ3v) is 1.48. The minimum absolute atomic E-state index is 0.0522. The fourth-order valence-electron chi connectivity index (χ4n) is 0.757. The van der Waals surface area contributed by atoms with E-state index < -0.39 is 0 Å². The van der Waals surface area contributed by atoms with E-state index in [2.05, 4.69) is 18.8 Å². The Labute approximate surface area is 69.8 Å². The van der Waals surface area contributed by atoms with E-state index in [4.69, 9.17) is 0 Å². The molecule has 0 bridgehead atoms. The second-order valence-electron chi connectivity index (χ2n) is 2.62. The second-order valence-corrected chi connectivity index (χ2v) is 2.62. The standard InChI is InChI=1S/C10H17O/c1-2-3-4-5-6-7-8-9-10-11/h2-4,7-10H2,1H3. The predicted octanol–water partition coefficient (Wildman–Crippen LogP) is 2.78.